The fraction of sp³-hybridized carbons (Fsp3) is 0.316. The number of nitrogens with zero attached hydrogens (tertiary/aromatic N) is 1. The number of thiophene rings is 1. The van der Waals surface area contributed by atoms with E-state index in [2.05, 4.69) is 5.32 Å². The van der Waals surface area contributed by atoms with Gasteiger partial charge in [-0.05, 0) is 29.9 Å². The topological polar surface area (TPSA) is 86.7 Å². The van der Waals surface area contributed by atoms with E-state index in [1.165, 1.54) is 16.2 Å². The van der Waals surface area contributed by atoms with Gasteiger partial charge < -0.3 is 15.3 Å². The molecule has 0 aliphatic heterocycles. The number of nitrogens with one attached hydrogen (secondary N) is 1. The van der Waals surface area contributed by atoms with Crippen molar-refractivity contribution < 1.29 is 19.5 Å². The van der Waals surface area contributed by atoms with Crippen LogP contribution in [0.15, 0.2) is 47.2 Å². The molecule has 0 saturated heterocycles. The van der Waals surface area contributed by atoms with E-state index in [0.29, 0.717) is 31.5 Å². The Labute approximate surface area is 156 Å². The number of benzene rings is 1. The number of rotatable bonds is 10. The molecule has 2 N–H and O–H groups in total. The van der Waals surface area contributed by atoms with Gasteiger partial charge in [0.2, 0.25) is 5.91 Å². The summed E-state index contributed by atoms with van der Waals surface area (Å²) in [4.78, 5) is 36.5. The van der Waals surface area contributed by atoms with Gasteiger partial charge in [0, 0.05) is 30.5 Å². The first-order valence-electron chi connectivity index (χ1n) is 8.40. The van der Waals surface area contributed by atoms with Gasteiger partial charge in [-0.15, -0.1) is 0 Å². The number of aliphatic carboxylic acids is 1. The first-order chi connectivity index (χ1) is 12.6. The Morgan fingerprint density at radius 2 is 1.88 bits per heavy atom. The van der Waals surface area contributed by atoms with E-state index in [1.807, 2.05) is 35.7 Å². The highest BCUT2D eigenvalue weighted by Crippen LogP contribution is 2.06. The number of hydrogen-bond acceptors (Lipinski definition) is 4. The zero-order valence-corrected chi connectivity index (χ0v) is 15.2. The maximum atomic E-state index is 12.3. The Morgan fingerprint density at radius 1 is 1.12 bits per heavy atom. The summed E-state index contributed by atoms with van der Waals surface area (Å²) < 4.78 is 0. The van der Waals surface area contributed by atoms with E-state index in [4.69, 9.17) is 5.11 Å². The maximum Gasteiger partial charge on any atom is 0.323 e. The third kappa shape index (κ3) is 6.68. The molecule has 0 aliphatic rings. The average Bonchev–Trinajstić information content (AvgIpc) is 3.17. The summed E-state index contributed by atoms with van der Waals surface area (Å²) in [6.45, 7) is 0.420. The standard InChI is InChI=1S/C19H22N2O4S/c22-17(7-4-10-20-19(25)16-9-12-26-14-16)21(13-18(23)24)11-8-15-5-2-1-3-6-15/h1-3,5-6,9,12,14H,4,7-8,10-11,13H2,(H,20,25)(H,23,24). The Bertz CT molecular complexity index is 716. The summed E-state index contributed by atoms with van der Waals surface area (Å²) in [6, 6.07) is 11.4. The summed E-state index contributed by atoms with van der Waals surface area (Å²) in [5.41, 5.74) is 1.66. The first kappa shape index (κ1) is 19.7. The Hall–Kier alpha value is -2.67. The second-order valence-corrected chi connectivity index (χ2v) is 6.60. The Morgan fingerprint density at radius 3 is 2.54 bits per heavy atom. The van der Waals surface area contributed by atoms with Crippen LogP contribution in [0.25, 0.3) is 0 Å². The molecule has 0 saturated carbocycles. The second kappa shape index (κ2) is 10.4. The van der Waals surface area contributed by atoms with Crippen LogP contribution >= 0.6 is 11.3 Å². The minimum atomic E-state index is -1.03. The molecule has 138 valence electrons. The molecule has 7 heteroatoms. The van der Waals surface area contributed by atoms with Gasteiger partial charge in [-0.3, -0.25) is 14.4 Å². The molecule has 2 amide bonds. The monoisotopic (exact) mass is 374 g/mol. The molecule has 26 heavy (non-hydrogen) atoms. The van der Waals surface area contributed by atoms with E-state index in [1.54, 1.807) is 11.4 Å². The van der Waals surface area contributed by atoms with Crippen molar-refractivity contribution in [2.45, 2.75) is 19.3 Å². The summed E-state index contributed by atoms with van der Waals surface area (Å²) in [6.07, 6.45) is 1.27. The zero-order chi connectivity index (χ0) is 18.8. The van der Waals surface area contributed by atoms with Crippen LogP contribution in [0.2, 0.25) is 0 Å². The molecule has 0 spiro atoms. The van der Waals surface area contributed by atoms with Crippen LogP contribution in [-0.4, -0.2) is 47.4 Å². The average molecular weight is 374 g/mol. The van der Waals surface area contributed by atoms with Gasteiger partial charge in [0.1, 0.15) is 6.54 Å². The molecule has 0 radical (unpaired) electrons. The highest BCUT2D eigenvalue weighted by atomic mass is 32.1. The number of amides is 2. The highest BCUT2D eigenvalue weighted by molar-refractivity contribution is 7.08. The van der Waals surface area contributed by atoms with Gasteiger partial charge in [-0.25, -0.2) is 0 Å². The van der Waals surface area contributed by atoms with E-state index >= 15 is 0 Å². The van der Waals surface area contributed by atoms with Gasteiger partial charge in [-0.2, -0.15) is 11.3 Å². The Kier molecular flexibility index (Phi) is 7.82. The Balaban J connectivity index is 1.76. The fourth-order valence-corrected chi connectivity index (χ4v) is 3.10. The lowest BCUT2D eigenvalue weighted by atomic mass is 10.1. The van der Waals surface area contributed by atoms with Crippen LogP contribution in [-0.2, 0) is 16.0 Å². The minimum absolute atomic E-state index is 0.162. The molecule has 2 aromatic rings. The number of carbonyl (C=O) groups excluding carboxylic acids is 2. The number of carboxylic acids is 1. The summed E-state index contributed by atoms with van der Waals surface area (Å²) in [5, 5.41) is 15.4. The number of carbonyl (C=O) groups is 3. The third-order valence-corrected chi connectivity index (χ3v) is 4.51. The predicted octanol–water partition coefficient (Wildman–Crippen LogP) is 2.41. The van der Waals surface area contributed by atoms with Crippen molar-refractivity contribution in [1.29, 1.82) is 0 Å². The van der Waals surface area contributed by atoms with Gasteiger partial charge in [-0.1, -0.05) is 30.3 Å². The van der Waals surface area contributed by atoms with Crippen molar-refractivity contribution in [3.63, 3.8) is 0 Å². The molecule has 0 bridgehead atoms. The van der Waals surface area contributed by atoms with E-state index < -0.39 is 5.97 Å². The van der Waals surface area contributed by atoms with E-state index in [9.17, 15) is 14.4 Å². The van der Waals surface area contributed by atoms with Crippen LogP contribution in [0, 0.1) is 0 Å². The van der Waals surface area contributed by atoms with Crippen LogP contribution < -0.4 is 5.32 Å². The number of carboxylic acid groups (broad SMARTS) is 1. The largest absolute Gasteiger partial charge is 0.480 e. The zero-order valence-electron chi connectivity index (χ0n) is 14.4. The molecule has 6 nitrogen and oxygen atoms in total. The summed E-state index contributed by atoms with van der Waals surface area (Å²) >= 11 is 1.45. The van der Waals surface area contributed by atoms with Crippen molar-refractivity contribution in [2.24, 2.45) is 0 Å². The minimum Gasteiger partial charge on any atom is -0.480 e. The van der Waals surface area contributed by atoms with Crippen molar-refractivity contribution in [3.8, 4) is 0 Å². The lowest BCUT2D eigenvalue weighted by Gasteiger charge is -2.21. The molecule has 0 fully saturated rings. The molecular weight excluding hydrogens is 352 g/mol. The summed E-state index contributed by atoms with van der Waals surface area (Å²) in [5.74, 6) is -1.41. The lowest BCUT2D eigenvalue weighted by Crippen LogP contribution is -2.37. The van der Waals surface area contributed by atoms with Crippen molar-refractivity contribution in [1.82, 2.24) is 10.2 Å². The van der Waals surface area contributed by atoms with Crippen LogP contribution in [0.5, 0.6) is 0 Å². The molecular formula is C19H22N2O4S. The van der Waals surface area contributed by atoms with Crippen LogP contribution in [0.3, 0.4) is 0 Å². The normalized spacial score (nSPS) is 10.3. The molecule has 0 aliphatic carbocycles. The van der Waals surface area contributed by atoms with Gasteiger partial charge in [0.25, 0.3) is 5.91 Å². The second-order valence-electron chi connectivity index (χ2n) is 5.82. The fourth-order valence-electron chi connectivity index (χ4n) is 2.46. The smallest absolute Gasteiger partial charge is 0.323 e. The SMILES string of the molecule is O=C(O)CN(CCc1ccccc1)C(=O)CCCNC(=O)c1ccsc1. The van der Waals surface area contributed by atoms with Gasteiger partial charge in [0.05, 0.1) is 0 Å². The number of hydrogen-bond donors (Lipinski definition) is 2. The molecule has 0 unspecified atom stereocenters. The third-order valence-electron chi connectivity index (χ3n) is 3.83. The molecule has 1 heterocycles. The van der Waals surface area contributed by atoms with E-state index in [0.717, 1.165) is 5.56 Å². The molecule has 1 aromatic heterocycles. The van der Waals surface area contributed by atoms with Crippen molar-refractivity contribution in [3.05, 3.63) is 58.3 Å². The molecule has 2 rings (SSSR count). The van der Waals surface area contributed by atoms with Crippen molar-refractivity contribution in [2.75, 3.05) is 19.6 Å². The van der Waals surface area contributed by atoms with Crippen molar-refractivity contribution >= 4 is 29.1 Å². The maximum absolute atomic E-state index is 12.3. The predicted molar refractivity (Wildman–Crippen MR) is 100 cm³/mol. The van der Waals surface area contributed by atoms with Gasteiger partial charge >= 0.3 is 5.97 Å². The first-order valence-corrected chi connectivity index (χ1v) is 9.34. The van der Waals surface area contributed by atoms with E-state index in [-0.39, 0.29) is 24.8 Å². The van der Waals surface area contributed by atoms with Crippen LogP contribution in [0.4, 0.5) is 0 Å². The molecule has 1 aromatic carbocycles. The van der Waals surface area contributed by atoms with Gasteiger partial charge in [0.15, 0.2) is 0 Å². The molecule has 0 atom stereocenters. The highest BCUT2D eigenvalue weighted by Gasteiger charge is 2.16. The summed E-state index contributed by atoms with van der Waals surface area (Å²) in [7, 11) is 0. The lowest BCUT2D eigenvalue weighted by molar-refractivity contribution is -0.144. The quantitative estimate of drug-likeness (QED) is 0.625. The van der Waals surface area contributed by atoms with Crippen LogP contribution in [0.1, 0.15) is 28.8 Å².